The number of hydrogen-bond donors (Lipinski definition) is 0. The summed E-state index contributed by atoms with van der Waals surface area (Å²) in [5, 5.41) is 0. The molecule has 1 saturated carbocycles. The van der Waals surface area contributed by atoms with Crippen molar-refractivity contribution in [3.8, 4) is 0 Å². The van der Waals surface area contributed by atoms with Gasteiger partial charge in [0, 0.05) is 4.47 Å². The summed E-state index contributed by atoms with van der Waals surface area (Å²) in [6.07, 6.45) is 4.16. The Labute approximate surface area is 88.5 Å². The van der Waals surface area contributed by atoms with Gasteiger partial charge in [-0.2, -0.15) is 0 Å². The second-order valence-corrected chi connectivity index (χ2v) is 4.89. The third-order valence-corrected chi connectivity index (χ3v) is 3.89. The van der Waals surface area contributed by atoms with Gasteiger partial charge in [-0.05, 0) is 29.9 Å². The first-order valence-corrected chi connectivity index (χ1v) is 5.83. The van der Waals surface area contributed by atoms with Crippen molar-refractivity contribution in [1.82, 2.24) is 0 Å². The van der Waals surface area contributed by atoms with Gasteiger partial charge in [0.05, 0.1) is 0 Å². The van der Waals surface area contributed by atoms with Crippen LogP contribution in [0.2, 0.25) is 0 Å². The summed E-state index contributed by atoms with van der Waals surface area (Å²) in [7, 11) is 0. The Bertz CT molecular complexity index is 293. The van der Waals surface area contributed by atoms with E-state index in [1.54, 1.807) is 0 Å². The lowest BCUT2D eigenvalue weighted by atomic mass is 9.90. The zero-order valence-corrected chi connectivity index (χ0v) is 9.55. The van der Waals surface area contributed by atoms with E-state index in [2.05, 4.69) is 47.1 Å². The standard InChI is InChI=1S/C12H15Br/c1-9-5-4-7-10(9)11-6-2-3-8-12(11)13/h2-3,6,8-10H,4-5,7H2,1H3. The van der Waals surface area contributed by atoms with Crippen molar-refractivity contribution in [2.45, 2.75) is 32.1 Å². The van der Waals surface area contributed by atoms with Gasteiger partial charge in [0.2, 0.25) is 0 Å². The lowest BCUT2D eigenvalue weighted by molar-refractivity contribution is 0.531. The molecular formula is C12H15Br. The minimum Gasteiger partial charge on any atom is -0.0619 e. The van der Waals surface area contributed by atoms with Crippen LogP contribution in [0.15, 0.2) is 28.7 Å². The molecule has 0 N–H and O–H groups in total. The van der Waals surface area contributed by atoms with Crippen LogP contribution in [-0.4, -0.2) is 0 Å². The largest absolute Gasteiger partial charge is 0.0619 e. The van der Waals surface area contributed by atoms with Gasteiger partial charge >= 0.3 is 0 Å². The Hall–Kier alpha value is -0.300. The van der Waals surface area contributed by atoms with Crippen LogP contribution in [-0.2, 0) is 0 Å². The highest BCUT2D eigenvalue weighted by Gasteiger charge is 2.25. The molecule has 0 radical (unpaired) electrons. The predicted octanol–water partition coefficient (Wildman–Crippen LogP) is 4.35. The molecule has 2 rings (SSSR count). The van der Waals surface area contributed by atoms with Crippen molar-refractivity contribution in [2.24, 2.45) is 5.92 Å². The van der Waals surface area contributed by atoms with Gasteiger partial charge in [0.25, 0.3) is 0 Å². The molecule has 1 aromatic rings. The molecule has 1 fully saturated rings. The van der Waals surface area contributed by atoms with Gasteiger partial charge in [-0.25, -0.2) is 0 Å². The fraction of sp³-hybridized carbons (Fsp3) is 0.500. The van der Waals surface area contributed by atoms with Gasteiger partial charge in [-0.15, -0.1) is 0 Å². The van der Waals surface area contributed by atoms with Crippen molar-refractivity contribution >= 4 is 15.9 Å². The molecule has 0 saturated heterocycles. The monoisotopic (exact) mass is 238 g/mol. The lowest BCUT2D eigenvalue weighted by Crippen LogP contribution is -2.02. The smallest absolute Gasteiger partial charge is 0.0210 e. The van der Waals surface area contributed by atoms with Gasteiger partial charge in [0.1, 0.15) is 0 Å². The van der Waals surface area contributed by atoms with E-state index in [1.807, 2.05) is 0 Å². The molecule has 0 nitrogen and oxygen atoms in total. The summed E-state index contributed by atoms with van der Waals surface area (Å²) in [5.74, 6) is 1.65. The maximum atomic E-state index is 3.63. The molecule has 0 aromatic heterocycles. The molecule has 70 valence electrons. The van der Waals surface area contributed by atoms with Gasteiger partial charge < -0.3 is 0 Å². The van der Waals surface area contributed by atoms with Crippen LogP contribution in [0.5, 0.6) is 0 Å². The first kappa shape index (κ1) is 9.26. The molecule has 1 aliphatic rings. The number of hydrogen-bond acceptors (Lipinski definition) is 0. The molecule has 2 unspecified atom stereocenters. The average Bonchev–Trinajstić information content (AvgIpc) is 2.52. The van der Waals surface area contributed by atoms with Crippen LogP contribution < -0.4 is 0 Å². The molecule has 0 spiro atoms. The molecular weight excluding hydrogens is 224 g/mol. The maximum Gasteiger partial charge on any atom is 0.0210 e. The van der Waals surface area contributed by atoms with E-state index in [-0.39, 0.29) is 0 Å². The Kier molecular flexibility index (Phi) is 2.73. The van der Waals surface area contributed by atoms with Crippen molar-refractivity contribution in [3.05, 3.63) is 34.3 Å². The second kappa shape index (κ2) is 3.83. The Balaban J connectivity index is 2.29. The minimum atomic E-state index is 0.788. The van der Waals surface area contributed by atoms with E-state index in [1.165, 1.54) is 29.3 Å². The Morgan fingerprint density at radius 2 is 2.00 bits per heavy atom. The third kappa shape index (κ3) is 1.80. The van der Waals surface area contributed by atoms with Crippen LogP contribution in [0, 0.1) is 5.92 Å². The van der Waals surface area contributed by atoms with E-state index in [0.29, 0.717) is 0 Å². The van der Waals surface area contributed by atoms with E-state index in [9.17, 15) is 0 Å². The third-order valence-electron chi connectivity index (χ3n) is 3.17. The zero-order valence-electron chi connectivity index (χ0n) is 7.96. The fourth-order valence-electron chi connectivity index (χ4n) is 2.38. The molecule has 13 heavy (non-hydrogen) atoms. The summed E-state index contributed by atoms with van der Waals surface area (Å²) < 4.78 is 1.29. The number of rotatable bonds is 1. The lowest BCUT2D eigenvalue weighted by Gasteiger charge is -2.16. The quantitative estimate of drug-likeness (QED) is 0.683. The average molecular weight is 239 g/mol. The van der Waals surface area contributed by atoms with E-state index >= 15 is 0 Å². The van der Waals surface area contributed by atoms with Crippen molar-refractivity contribution in [3.63, 3.8) is 0 Å². The van der Waals surface area contributed by atoms with E-state index < -0.39 is 0 Å². The summed E-state index contributed by atoms with van der Waals surface area (Å²) >= 11 is 3.63. The van der Waals surface area contributed by atoms with Crippen molar-refractivity contribution < 1.29 is 0 Å². The molecule has 0 amide bonds. The Morgan fingerprint density at radius 1 is 1.23 bits per heavy atom. The molecule has 0 aliphatic heterocycles. The minimum absolute atomic E-state index is 0.788. The first-order valence-electron chi connectivity index (χ1n) is 5.03. The zero-order chi connectivity index (χ0) is 9.26. The summed E-state index contributed by atoms with van der Waals surface area (Å²) in [6, 6.07) is 8.65. The maximum absolute atomic E-state index is 3.63. The van der Waals surface area contributed by atoms with Crippen LogP contribution in [0.25, 0.3) is 0 Å². The number of halogens is 1. The molecule has 1 heteroatoms. The first-order chi connectivity index (χ1) is 6.29. The highest BCUT2D eigenvalue weighted by molar-refractivity contribution is 9.10. The van der Waals surface area contributed by atoms with Crippen LogP contribution in [0.4, 0.5) is 0 Å². The highest BCUT2D eigenvalue weighted by atomic mass is 79.9. The summed E-state index contributed by atoms with van der Waals surface area (Å²) in [5.41, 5.74) is 1.51. The number of benzene rings is 1. The highest BCUT2D eigenvalue weighted by Crippen LogP contribution is 2.41. The molecule has 0 heterocycles. The fourth-order valence-corrected chi connectivity index (χ4v) is 2.96. The normalized spacial score (nSPS) is 27.8. The van der Waals surface area contributed by atoms with Crippen molar-refractivity contribution in [1.29, 1.82) is 0 Å². The van der Waals surface area contributed by atoms with Crippen LogP contribution >= 0.6 is 15.9 Å². The SMILES string of the molecule is CC1CCCC1c1ccccc1Br. The topological polar surface area (TPSA) is 0 Å². The van der Waals surface area contributed by atoms with Gasteiger partial charge in [-0.1, -0.05) is 53.9 Å². The predicted molar refractivity (Wildman–Crippen MR) is 59.9 cm³/mol. The van der Waals surface area contributed by atoms with Crippen LogP contribution in [0.1, 0.15) is 37.7 Å². The Morgan fingerprint density at radius 3 is 2.62 bits per heavy atom. The molecule has 2 atom stereocenters. The molecule has 1 aliphatic carbocycles. The van der Waals surface area contributed by atoms with Gasteiger partial charge in [-0.3, -0.25) is 0 Å². The molecule has 1 aromatic carbocycles. The van der Waals surface area contributed by atoms with Crippen LogP contribution in [0.3, 0.4) is 0 Å². The molecule has 0 bridgehead atoms. The summed E-state index contributed by atoms with van der Waals surface area (Å²) in [4.78, 5) is 0. The summed E-state index contributed by atoms with van der Waals surface area (Å²) in [6.45, 7) is 2.37. The van der Waals surface area contributed by atoms with Gasteiger partial charge in [0.15, 0.2) is 0 Å². The van der Waals surface area contributed by atoms with Crippen molar-refractivity contribution in [2.75, 3.05) is 0 Å². The second-order valence-electron chi connectivity index (χ2n) is 4.04. The van der Waals surface area contributed by atoms with E-state index in [0.717, 1.165) is 11.8 Å². The van der Waals surface area contributed by atoms with E-state index in [4.69, 9.17) is 0 Å².